The van der Waals surface area contributed by atoms with Gasteiger partial charge in [0.25, 0.3) is 0 Å². The van der Waals surface area contributed by atoms with Gasteiger partial charge < -0.3 is 14.4 Å². The summed E-state index contributed by atoms with van der Waals surface area (Å²) < 4.78 is 33.9. The molecule has 0 saturated heterocycles. The van der Waals surface area contributed by atoms with Gasteiger partial charge >= 0.3 is 5.97 Å². The number of aromatic carboxylic acids is 1. The number of sulfone groups is 1. The van der Waals surface area contributed by atoms with Crippen LogP contribution in [0, 0.1) is 0 Å². The Kier molecular flexibility index (Phi) is 3.70. The zero-order chi connectivity index (χ0) is 14.8. The van der Waals surface area contributed by atoms with Gasteiger partial charge in [0.1, 0.15) is 16.4 Å². The van der Waals surface area contributed by atoms with Crippen LogP contribution in [0.25, 0.3) is 0 Å². The smallest absolute Gasteiger partial charge is 0.335 e. The van der Waals surface area contributed by atoms with Crippen LogP contribution < -0.4 is 4.74 Å². The number of rotatable bonds is 5. The highest BCUT2D eigenvalue weighted by molar-refractivity contribution is 7.90. The first-order valence-electron chi connectivity index (χ1n) is 5.33. The fourth-order valence-electron chi connectivity index (χ4n) is 1.56. The van der Waals surface area contributed by atoms with Crippen LogP contribution in [-0.2, 0) is 15.6 Å². The Morgan fingerprint density at radius 3 is 2.75 bits per heavy atom. The molecule has 1 N–H and O–H groups in total. The third-order valence-corrected chi connectivity index (χ3v) is 4.10. The number of nitrogens with zero attached hydrogens (tertiary/aromatic N) is 2. The van der Waals surface area contributed by atoms with Crippen LogP contribution >= 0.6 is 0 Å². The fraction of sp³-hybridized carbons (Fsp3) is 0.182. The molecule has 0 unspecified atom stereocenters. The van der Waals surface area contributed by atoms with Gasteiger partial charge in [-0.05, 0) is 18.2 Å². The highest BCUT2D eigenvalue weighted by atomic mass is 32.2. The molecule has 1 aromatic carbocycles. The average Bonchev–Trinajstić information content (AvgIpc) is 2.90. The average molecular weight is 298 g/mol. The van der Waals surface area contributed by atoms with Crippen molar-refractivity contribution in [1.82, 2.24) is 10.1 Å². The number of benzene rings is 1. The summed E-state index contributed by atoms with van der Waals surface area (Å²) in [5, 5.41) is 12.3. The molecule has 0 bridgehead atoms. The Hall–Kier alpha value is -2.42. The van der Waals surface area contributed by atoms with E-state index in [2.05, 4.69) is 14.7 Å². The molecule has 0 radical (unpaired) electrons. The highest BCUT2D eigenvalue weighted by Crippen LogP contribution is 2.27. The summed E-state index contributed by atoms with van der Waals surface area (Å²) in [4.78, 5) is 14.3. The molecule has 2 aromatic rings. The number of carboxylic acid groups (broad SMARTS) is 1. The monoisotopic (exact) mass is 298 g/mol. The fourth-order valence-corrected chi connectivity index (χ4v) is 2.94. The molecule has 1 heterocycles. The molecule has 106 valence electrons. The van der Waals surface area contributed by atoms with Crippen molar-refractivity contribution in [2.75, 3.05) is 7.11 Å². The van der Waals surface area contributed by atoms with E-state index >= 15 is 0 Å². The number of methoxy groups -OCH3 is 1. The third kappa shape index (κ3) is 2.77. The first-order chi connectivity index (χ1) is 9.44. The maximum Gasteiger partial charge on any atom is 0.335 e. The predicted octanol–water partition coefficient (Wildman–Crippen LogP) is 0.750. The zero-order valence-electron chi connectivity index (χ0n) is 10.3. The molecule has 0 aliphatic carbocycles. The van der Waals surface area contributed by atoms with Crippen molar-refractivity contribution >= 4 is 15.8 Å². The van der Waals surface area contributed by atoms with Crippen molar-refractivity contribution < 1.29 is 27.6 Å². The van der Waals surface area contributed by atoms with E-state index in [4.69, 9.17) is 9.84 Å². The first-order valence-corrected chi connectivity index (χ1v) is 6.98. The molecule has 0 aliphatic heterocycles. The van der Waals surface area contributed by atoms with Crippen molar-refractivity contribution in [3.8, 4) is 5.75 Å². The molecule has 1 aromatic heterocycles. The number of aromatic nitrogens is 2. The molecule has 8 nitrogen and oxygen atoms in total. The summed E-state index contributed by atoms with van der Waals surface area (Å²) in [5.74, 6) is -1.71. The maximum absolute atomic E-state index is 12.3. The van der Waals surface area contributed by atoms with Crippen molar-refractivity contribution in [2.45, 2.75) is 10.6 Å². The Labute approximate surface area is 113 Å². The Morgan fingerprint density at radius 2 is 2.20 bits per heavy atom. The van der Waals surface area contributed by atoms with Gasteiger partial charge in [-0.2, -0.15) is 4.98 Å². The van der Waals surface area contributed by atoms with Crippen LogP contribution in [0.2, 0.25) is 0 Å². The minimum Gasteiger partial charge on any atom is -0.495 e. The van der Waals surface area contributed by atoms with Crippen molar-refractivity contribution in [3.05, 3.63) is 36.0 Å². The van der Waals surface area contributed by atoms with Crippen LogP contribution in [0.1, 0.15) is 16.2 Å². The van der Waals surface area contributed by atoms with Crippen LogP contribution in [0.15, 0.2) is 34.0 Å². The molecule has 0 aliphatic rings. The molecule has 0 fully saturated rings. The summed E-state index contributed by atoms with van der Waals surface area (Å²) in [6.45, 7) is 0. The van der Waals surface area contributed by atoms with Gasteiger partial charge in [-0.3, -0.25) is 0 Å². The molecule has 2 rings (SSSR count). The van der Waals surface area contributed by atoms with E-state index < -0.39 is 21.6 Å². The molecule has 20 heavy (non-hydrogen) atoms. The normalized spacial score (nSPS) is 11.2. The van der Waals surface area contributed by atoms with E-state index in [9.17, 15) is 13.2 Å². The van der Waals surface area contributed by atoms with Crippen LogP contribution in [0.4, 0.5) is 0 Å². The van der Waals surface area contributed by atoms with Gasteiger partial charge in [0, 0.05) is 0 Å². The molecule has 0 atom stereocenters. The van der Waals surface area contributed by atoms with E-state index in [1.165, 1.54) is 19.2 Å². The van der Waals surface area contributed by atoms with Gasteiger partial charge in [-0.25, -0.2) is 13.2 Å². The minimum atomic E-state index is -3.86. The van der Waals surface area contributed by atoms with Crippen molar-refractivity contribution in [3.63, 3.8) is 0 Å². The number of hydrogen-bond acceptors (Lipinski definition) is 7. The second-order valence-electron chi connectivity index (χ2n) is 3.78. The van der Waals surface area contributed by atoms with Gasteiger partial charge in [-0.15, -0.1) is 0 Å². The first kappa shape index (κ1) is 14.0. The van der Waals surface area contributed by atoms with Gasteiger partial charge in [0.15, 0.2) is 15.7 Å². The molecule has 0 amide bonds. The topological polar surface area (TPSA) is 120 Å². The van der Waals surface area contributed by atoms with E-state index in [-0.39, 0.29) is 22.0 Å². The molecule has 0 spiro atoms. The lowest BCUT2D eigenvalue weighted by molar-refractivity contribution is 0.0696. The lowest BCUT2D eigenvalue weighted by Crippen LogP contribution is -2.09. The van der Waals surface area contributed by atoms with Crippen molar-refractivity contribution in [1.29, 1.82) is 0 Å². The molecule has 0 saturated carbocycles. The Bertz CT molecular complexity index is 723. The lowest BCUT2D eigenvalue weighted by Gasteiger charge is -2.09. The van der Waals surface area contributed by atoms with Gasteiger partial charge in [-0.1, -0.05) is 5.16 Å². The third-order valence-electron chi connectivity index (χ3n) is 2.47. The van der Waals surface area contributed by atoms with Gasteiger partial charge in [0.05, 0.1) is 12.7 Å². The quantitative estimate of drug-likeness (QED) is 0.858. The van der Waals surface area contributed by atoms with Crippen LogP contribution in [0.3, 0.4) is 0 Å². The predicted molar refractivity (Wildman–Crippen MR) is 65.1 cm³/mol. The van der Waals surface area contributed by atoms with Crippen molar-refractivity contribution in [2.24, 2.45) is 0 Å². The summed E-state index contributed by atoms with van der Waals surface area (Å²) in [7, 11) is -2.56. The van der Waals surface area contributed by atoms with E-state index in [1.54, 1.807) is 0 Å². The van der Waals surface area contributed by atoms with E-state index in [0.29, 0.717) is 0 Å². The summed E-state index contributed by atoms with van der Waals surface area (Å²) in [6.07, 6.45) is 1.01. The number of carboxylic acids is 1. The summed E-state index contributed by atoms with van der Waals surface area (Å²) >= 11 is 0. The molecular formula is C11H10N2O6S. The highest BCUT2D eigenvalue weighted by Gasteiger charge is 2.24. The van der Waals surface area contributed by atoms with E-state index in [1.807, 2.05) is 0 Å². The van der Waals surface area contributed by atoms with Crippen LogP contribution in [-0.4, -0.2) is 36.7 Å². The zero-order valence-corrected chi connectivity index (χ0v) is 11.1. The maximum atomic E-state index is 12.3. The minimum absolute atomic E-state index is 0.0206. The number of hydrogen-bond donors (Lipinski definition) is 1. The standard InChI is InChI=1S/C11H10N2O6S/c1-18-8-3-2-7(11(14)15)4-9(8)20(16,17)5-10-12-6-19-13-10/h2-4,6H,5H2,1H3,(H,14,15). The van der Waals surface area contributed by atoms with Gasteiger partial charge in [0.2, 0.25) is 6.39 Å². The Morgan fingerprint density at radius 1 is 1.45 bits per heavy atom. The Balaban J connectivity index is 2.48. The number of ether oxygens (including phenoxy) is 1. The second-order valence-corrected chi connectivity index (χ2v) is 5.74. The van der Waals surface area contributed by atoms with E-state index in [0.717, 1.165) is 12.5 Å². The second kappa shape index (κ2) is 5.29. The lowest BCUT2D eigenvalue weighted by atomic mass is 10.2. The largest absolute Gasteiger partial charge is 0.495 e. The summed E-state index contributed by atoms with van der Waals surface area (Å²) in [6, 6.07) is 3.58. The molecular weight excluding hydrogens is 288 g/mol. The summed E-state index contributed by atoms with van der Waals surface area (Å²) in [5.41, 5.74) is -0.155. The number of carbonyl (C=O) groups is 1. The van der Waals surface area contributed by atoms with Crippen LogP contribution in [0.5, 0.6) is 5.75 Å². The SMILES string of the molecule is COc1ccc(C(=O)O)cc1S(=O)(=O)Cc1ncon1. The molecule has 9 heteroatoms.